The Balaban J connectivity index is 1.28. The molecule has 0 bridgehead atoms. The Kier molecular flexibility index (Phi) is 3.99. The van der Waals surface area contributed by atoms with Crippen molar-refractivity contribution in [1.82, 2.24) is 0 Å². The fourth-order valence-electron chi connectivity index (χ4n) is 6.46. The van der Waals surface area contributed by atoms with Gasteiger partial charge in [-0.3, -0.25) is 0 Å². The first-order valence-electron chi connectivity index (χ1n) is 13.4. The van der Waals surface area contributed by atoms with Crippen LogP contribution in [-0.2, 0) is 0 Å². The molecule has 0 spiro atoms. The molecule has 0 saturated heterocycles. The van der Waals surface area contributed by atoms with Crippen molar-refractivity contribution in [1.29, 1.82) is 0 Å². The zero-order valence-electron chi connectivity index (χ0n) is 21.1. The van der Waals surface area contributed by atoms with E-state index in [4.69, 9.17) is 0 Å². The summed E-state index contributed by atoms with van der Waals surface area (Å²) >= 11 is 0. The molecule has 1 heteroatoms. The van der Waals surface area contributed by atoms with Gasteiger partial charge in [-0.2, -0.15) is 0 Å². The second kappa shape index (κ2) is 7.46. The lowest BCUT2D eigenvalue weighted by Crippen LogP contribution is -1.83. The van der Waals surface area contributed by atoms with Crippen LogP contribution in [0.2, 0.25) is 0 Å². The normalized spacial score (nSPS) is 12.2. The summed E-state index contributed by atoms with van der Waals surface area (Å²) in [5.74, 6) is 0.327. The highest BCUT2D eigenvalue weighted by atomic mass is 16.3. The highest BCUT2D eigenvalue weighted by molar-refractivity contribution is 6.13. The molecule has 0 heterocycles. The molecule has 0 fully saturated rings. The smallest absolute Gasteiger partial charge is 0.123 e. The average Bonchev–Trinajstić information content (AvgIpc) is 2.94. The Bertz CT molecular complexity index is 2500. The molecule has 0 aliphatic rings. The molecule has 1 N–H and O–H groups in total. The first-order valence-corrected chi connectivity index (χ1v) is 13.4. The van der Waals surface area contributed by atoms with Gasteiger partial charge in [0.25, 0.3) is 0 Å². The van der Waals surface area contributed by atoms with Crippen LogP contribution in [0.1, 0.15) is 0 Å². The van der Waals surface area contributed by atoms with Gasteiger partial charge in [0.15, 0.2) is 0 Å². The molecule has 0 unspecified atom stereocenters. The molecule has 39 heavy (non-hydrogen) atoms. The number of aromatic hydroxyl groups is 1. The summed E-state index contributed by atoms with van der Waals surface area (Å²) in [6.45, 7) is 0. The van der Waals surface area contributed by atoms with Crippen LogP contribution in [0.15, 0.2) is 127 Å². The van der Waals surface area contributed by atoms with Crippen LogP contribution in [0.25, 0.3) is 86.2 Å². The molecular weight excluding hydrogens is 472 g/mol. The summed E-state index contributed by atoms with van der Waals surface area (Å²) < 4.78 is 0. The van der Waals surface area contributed by atoms with Gasteiger partial charge in [0, 0.05) is 5.39 Å². The third-order valence-corrected chi connectivity index (χ3v) is 8.46. The van der Waals surface area contributed by atoms with E-state index in [-0.39, 0.29) is 0 Å². The fourth-order valence-corrected chi connectivity index (χ4v) is 6.46. The lowest BCUT2D eigenvalue weighted by molar-refractivity contribution is 0.481. The molecule has 0 amide bonds. The first-order chi connectivity index (χ1) is 19.1. The number of rotatable bonds is 0. The van der Waals surface area contributed by atoms with Gasteiger partial charge in [0.05, 0.1) is 0 Å². The largest absolute Gasteiger partial charge is 0.507 e. The van der Waals surface area contributed by atoms with Crippen molar-refractivity contribution in [2.24, 2.45) is 0 Å². The quantitative estimate of drug-likeness (QED) is 0.208. The van der Waals surface area contributed by atoms with Crippen molar-refractivity contribution in [2.75, 3.05) is 0 Å². The molecule has 0 radical (unpaired) electrons. The second-order valence-electron chi connectivity index (χ2n) is 10.9. The lowest BCUT2D eigenvalue weighted by atomic mass is 9.94. The van der Waals surface area contributed by atoms with E-state index in [1.807, 2.05) is 6.07 Å². The topological polar surface area (TPSA) is 20.2 Å². The highest BCUT2D eigenvalue weighted by Gasteiger charge is 2.08. The maximum Gasteiger partial charge on any atom is 0.123 e. The molecule has 0 aliphatic heterocycles. The van der Waals surface area contributed by atoms with E-state index in [1.165, 1.54) is 70.0 Å². The minimum Gasteiger partial charge on any atom is -0.507 e. The van der Waals surface area contributed by atoms with Crippen molar-refractivity contribution < 1.29 is 5.11 Å². The summed E-state index contributed by atoms with van der Waals surface area (Å²) in [6.07, 6.45) is 0. The summed E-state index contributed by atoms with van der Waals surface area (Å²) in [5.41, 5.74) is 0. The molecule has 9 aromatic rings. The lowest BCUT2D eigenvalue weighted by Gasteiger charge is -2.10. The summed E-state index contributed by atoms with van der Waals surface area (Å²) in [6, 6.07) is 46.3. The Morgan fingerprint density at radius 1 is 0.256 bits per heavy atom. The van der Waals surface area contributed by atoms with E-state index < -0.39 is 0 Å². The third kappa shape index (κ3) is 3.14. The fraction of sp³-hybridized carbons (Fsp3) is 0. The predicted octanol–water partition coefficient (Wildman–Crippen LogP) is 10.6. The van der Waals surface area contributed by atoms with Crippen molar-refractivity contribution in [3.05, 3.63) is 127 Å². The molecule has 180 valence electrons. The summed E-state index contributed by atoms with van der Waals surface area (Å²) in [7, 11) is 0. The number of fused-ring (bicyclic) bond motifs is 8. The first kappa shape index (κ1) is 20.9. The van der Waals surface area contributed by atoms with Gasteiger partial charge < -0.3 is 5.11 Å². The zero-order valence-corrected chi connectivity index (χ0v) is 21.1. The molecule has 0 saturated carbocycles. The third-order valence-electron chi connectivity index (χ3n) is 8.46. The van der Waals surface area contributed by atoms with Crippen LogP contribution >= 0.6 is 0 Å². The van der Waals surface area contributed by atoms with E-state index in [2.05, 4.69) is 115 Å². The number of hydrogen-bond donors (Lipinski definition) is 1. The monoisotopic (exact) mass is 494 g/mol. The van der Waals surface area contributed by atoms with Crippen molar-refractivity contribution in [3.8, 4) is 5.75 Å². The number of phenols is 1. The predicted molar refractivity (Wildman–Crippen MR) is 168 cm³/mol. The van der Waals surface area contributed by atoms with Gasteiger partial charge in [0.1, 0.15) is 5.75 Å². The molecular formula is C38H22O. The molecule has 9 aromatic carbocycles. The van der Waals surface area contributed by atoms with Crippen LogP contribution in [0.3, 0.4) is 0 Å². The van der Waals surface area contributed by atoms with Crippen LogP contribution in [0.5, 0.6) is 5.75 Å². The Morgan fingerprint density at radius 2 is 0.538 bits per heavy atom. The van der Waals surface area contributed by atoms with E-state index in [9.17, 15) is 5.11 Å². The van der Waals surface area contributed by atoms with Gasteiger partial charge in [0.2, 0.25) is 0 Å². The van der Waals surface area contributed by atoms with Crippen molar-refractivity contribution >= 4 is 86.2 Å². The summed E-state index contributed by atoms with van der Waals surface area (Å²) in [4.78, 5) is 0. The molecule has 1 nitrogen and oxygen atoms in total. The molecule has 0 aliphatic carbocycles. The Morgan fingerprint density at radius 3 is 0.923 bits per heavy atom. The van der Waals surface area contributed by atoms with Gasteiger partial charge in [-0.15, -0.1) is 0 Å². The van der Waals surface area contributed by atoms with Gasteiger partial charge in [-0.25, -0.2) is 0 Å². The van der Waals surface area contributed by atoms with Crippen molar-refractivity contribution in [2.45, 2.75) is 0 Å². The van der Waals surface area contributed by atoms with Gasteiger partial charge in [-0.05, 0) is 172 Å². The number of benzene rings is 9. The average molecular weight is 495 g/mol. The minimum atomic E-state index is 0.327. The second-order valence-corrected chi connectivity index (χ2v) is 10.9. The van der Waals surface area contributed by atoms with E-state index in [0.717, 1.165) is 16.2 Å². The molecule has 0 aromatic heterocycles. The maximum atomic E-state index is 10.4. The number of phenolic OH excluding ortho intramolecular Hbond substituents is 1. The van der Waals surface area contributed by atoms with E-state index in [1.54, 1.807) is 6.07 Å². The Hall–Kier alpha value is -5.14. The molecule has 9 rings (SSSR count). The Labute approximate surface area is 224 Å². The van der Waals surface area contributed by atoms with Crippen LogP contribution in [-0.4, -0.2) is 5.11 Å². The standard InChI is InChI=1S/C38H22O/c39-38-7-3-6-24-10-27-13-30-16-33-17-31-14-28-11-25-8-22-4-1-2-5-23(22)9-26(25)12-29(28)15-32(31)18-34(33)19-35(30)20-36(27)21-37(24)38/h1-21,39H. The van der Waals surface area contributed by atoms with Gasteiger partial charge >= 0.3 is 0 Å². The number of hydrogen-bond acceptors (Lipinski definition) is 1. The van der Waals surface area contributed by atoms with Crippen molar-refractivity contribution in [3.63, 3.8) is 0 Å². The van der Waals surface area contributed by atoms with E-state index >= 15 is 0 Å². The van der Waals surface area contributed by atoms with Gasteiger partial charge in [-0.1, -0.05) is 36.4 Å². The van der Waals surface area contributed by atoms with Crippen LogP contribution < -0.4 is 0 Å². The molecule has 0 atom stereocenters. The van der Waals surface area contributed by atoms with Crippen LogP contribution in [0, 0.1) is 0 Å². The minimum absolute atomic E-state index is 0.327. The SMILES string of the molecule is Oc1cccc2cc3cc4cc5cc6cc7cc8cc9ccccc9cc8cc7cc6cc5cc4cc3cc12. The van der Waals surface area contributed by atoms with E-state index in [0.29, 0.717) is 5.75 Å². The van der Waals surface area contributed by atoms with Crippen LogP contribution in [0.4, 0.5) is 0 Å². The summed E-state index contributed by atoms with van der Waals surface area (Å²) in [5, 5.41) is 29.7. The highest BCUT2D eigenvalue weighted by Crippen LogP contribution is 2.35. The zero-order chi connectivity index (χ0) is 25.7. The maximum absolute atomic E-state index is 10.4.